The smallest absolute Gasteiger partial charge is 0.294 e. The summed E-state index contributed by atoms with van der Waals surface area (Å²) in [6.45, 7) is 11.0. The third-order valence-corrected chi connectivity index (χ3v) is 9.12. The molecular weight excluding hydrogens is 312 g/mol. The van der Waals surface area contributed by atoms with Gasteiger partial charge in [-0.2, -0.15) is 0 Å². The highest BCUT2D eigenvalue weighted by Gasteiger charge is 2.40. The molecule has 1 aliphatic heterocycles. The maximum Gasteiger partial charge on any atom is 0.294 e. The first kappa shape index (κ1) is 17.6. The molecule has 23 heavy (non-hydrogen) atoms. The fourth-order valence-electron chi connectivity index (χ4n) is 2.24. The number of ether oxygens (including phenoxy) is 1. The van der Waals surface area contributed by atoms with Crippen LogP contribution in [0.15, 0.2) is 30.8 Å². The van der Waals surface area contributed by atoms with Crippen LogP contribution in [-0.2, 0) is 9.16 Å². The first-order valence-corrected chi connectivity index (χ1v) is 10.6. The van der Waals surface area contributed by atoms with Gasteiger partial charge in [0.15, 0.2) is 8.32 Å². The van der Waals surface area contributed by atoms with Gasteiger partial charge in [-0.05, 0) is 30.3 Å². The largest absolute Gasteiger partial charge is 0.493 e. The fourth-order valence-corrected chi connectivity index (χ4v) is 3.52. The van der Waals surface area contributed by atoms with Crippen LogP contribution in [-0.4, -0.2) is 24.3 Å². The predicted molar refractivity (Wildman–Crippen MR) is 90.5 cm³/mol. The Hall–Kier alpha value is -1.73. The van der Waals surface area contributed by atoms with Gasteiger partial charge in [0, 0.05) is 12.6 Å². The van der Waals surface area contributed by atoms with Crippen LogP contribution in [0.4, 0.5) is 5.69 Å². The SMILES string of the molecule is CC(C)(C)[Si](C)(C)O[C@H]1C=CO[C@@H](c2ccncc2[N+](=O)[O-])C1. The molecule has 7 heteroatoms. The van der Waals surface area contributed by atoms with E-state index in [4.69, 9.17) is 9.16 Å². The molecule has 0 bridgehead atoms. The minimum absolute atomic E-state index is 0.0149. The summed E-state index contributed by atoms with van der Waals surface area (Å²) in [6, 6.07) is 1.64. The van der Waals surface area contributed by atoms with Gasteiger partial charge in [0.25, 0.3) is 5.69 Å². The summed E-state index contributed by atoms with van der Waals surface area (Å²) >= 11 is 0. The van der Waals surface area contributed by atoms with E-state index in [9.17, 15) is 10.1 Å². The topological polar surface area (TPSA) is 74.5 Å². The summed E-state index contributed by atoms with van der Waals surface area (Å²) in [6.07, 6.45) is 6.38. The van der Waals surface area contributed by atoms with Crippen molar-refractivity contribution in [2.24, 2.45) is 0 Å². The molecule has 0 radical (unpaired) electrons. The second-order valence-electron chi connectivity index (χ2n) is 7.30. The van der Waals surface area contributed by atoms with Gasteiger partial charge >= 0.3 is 0 Å². The lowest BCUT2D eigenvalue weighted by Crippen LogP contribution is -2.44. The lowest BCUT2D eigenvalue weighted by atomic mass is 10.0. The molecule has 2 heterocycles. The average Bonchev–Trinajstić information content (AvgIpc) is 2.46. The maximum atomic E-state index is 11.2. The quantitative estimate of drug-likeness (QED) is 0.464. The van der Waals surface area contributed by atoms with Crippen LogP contribution >= 0.6 is 0 Å². The Kier molecular flexibility index (Phi) is 4.91. The van der Waals surface area contributed by atoms with Crippen LogP contribution in [0.3, 0.4) is 0 Å². The minimum Gasteiger partial charge on any atom is -0.493 e. The monoisotopic (exact) mass is 336 g/mol. The van der Waals surface area contributed by atoms with Crippen LogP contribution in [0.25, 0.3) is 0 Å². The molecule has 1 aromatic rings. The summed E-state index contributed by atoms with van der Waals surface area (Å²) in [5.41, 5.74) is 0.525. The molecule has 0 saturated carbocycles. The van der Waals surface area contributed by atoms with Crippen molar-refractivity contribution >= 4 is 14.0 Å². The van der Waals surface area contributed by atoms with Crippen molar-refractivity contribution in [3.8, 4) is 0 Å². The second kappa shape index (κ2) is 6.41. The highest BCUT2D eigenvalue weighted by Crippen LogP contribution is 2.40. The molecule has 0 saturated heterocycles. The van der Waals surface area contributed by atoms with Gasteiger partial charge in [-0.3, -0.25) is 15.1 Å². The number of aromatic nitrogens is 1. The number of hydrogen-bond acceptors (Lipinski definition) is 5. The molecule has 0 aromatic carbocycles. The van der Waals surface area contributed by atoms with Crippen molar-refractivity contribution in [1.29, 1.82) is 0 Å². The van der Waals surface area contributed by atoms with Crippen LogP contribution < -0.4 is 0 Å². The standard InChI is InChI=1S/C16H24N2O4Si/c1-16(2,3)23(4,5)22-12-7-9-21-15(10-12)13-6-8-17-11-14(13)18(19)20/h6-9,11-12,15H,10H2,1-5H3/t12-,15+/m0/s1. The zero-order chi connectivity index (χ0) is 17.3. The molecule has 2 rings (SSSR count). The van der Waals surface area contributed by atoms with Crippen molar-refractivity contribution in [2.75, 3.05) is 0 Å². The van der Waals surface area contributed by atoms with Gasteiger partial charge in [0.2, 0.25) is 0 Å². The van der Waals surface area contributed by atoms with Crippen molar-refractivity contribution in [1.82, 2.24) is 4.98 Å². The Labute approximate surface area is 137 Å². The van der Waals surface area contributed by atoms with E-state index in [1.54, 1.807) is 18.5 Å². The van der Waals surface area contributed by atoms with E-state index in [1.165, 1.54) is 6.20 Å². The third kappa shape index (κ3) is 3.97. The van der Waals surface area contributed by atoms with E-state index < -0.39 is 19.3 Å². The summed E-state index contributed by atoms with van der Waals surface area (Å²) < 4.78 is 12.0. The number of nitrogens with zero attached hydrogens (tertiary/aromatic N) is 2. The van der Waals surface area contributed by atoms with Crippen molar-refractivity contribution in [3.05, 3.63) is 46.5 Å². The molecule has 1 aliphatic rings. The number of rotatable bonds is 4. The van der Waals surface area contributed by atoms with E-state index >= 15 is 0 Å². The maximum absolute atomic E-state index is 11.2. The van der Waals surface area contributed by atoms with Gasteiger partial charge in [0.1, 0.15) is 12.3 Å². The van der Waals surface area contributed by atoms with Gasteiger partial charge in [-0.1, -0.05) is 20.8 Å². The Morgan fingerprint density at radius 2 is 2.13 bits per heavy atom. The molecule has 0 spiro atoms. The Bertz CT molecular complexity index is 610. The average molecular weight is 336 g/mol. The van der Waals surface area contributed by atoms with Crippen molar-refractivity contribution in [2.45, 2.75) is 57.5 Å². The molecular formula is C16H24N2O4Si. The van der Waals surface area contributed by atoms with E-state index in [1.807, 2.05) is 6.08 Å². The third-order valence-electron chi connectivity index (χ3n) is 4.61. The van der Waals surface area contributed by atoms with E-state index in [-0.39, 0.29) is 16.8 Å². The minimum atomic E-state index is -1.91. The van der Waals surface area contributed by atoms with E-state index in [0.29, 0.717) is 12.0 Å². The predicted octanol–water partition coefficient (Wildman–Crippen LogP) is 4.36. The zero-order valence-corrected chi connectivity index (χ0v) is 15.3. The summed E-state index contributed by atoms with van der Waals surface area (Å²) in [7, 11) is -1.91. The first-order chi connectivity index (χ1) is 10.6. The molecule has 0 aliphatic carbocycles. The number of pyridine rings is 1. The highest BCUT2D eigenvalue weighted by atomic mass is 28.4. The molecule has 0 amide bonds. The fraction of sp³-hybridized carbons (Fsp3) is 0.562. The normalized spacial score (nSPS) is 21.8. The van der Waals surface area contributed by atoms with Crippen LogP contribution in [0.1, 0.15) is 38.9 Å². The van der Waals surface area contributed by atoms with E-state index in [0.717, 1.165) is 0 Å². The molecule has 2 atom stereocenters. The van der Waals surface area contributed by atoms with Gasteiger partial charge in [-0.25, -0.2) is 0 Å². The second-order valence-corrected chi connectivity index (χ2v) is 12.1. The van der Waals surface area contributed by atoms with Crippen molar-refractivity contribution in [3.63, 3.8) is 0 Å². The summed E-state index contributed by atoms with van der Waals surface area (Å²) in [4.78, 5) is 14.6. The van der Waals surface area contributed by atoms with E-state index in [2.05, 4.69) is 38.8 Å². The number of nitro groups is 1. The van der Waals surface area contributed by atoms with Gasteiger partial charge in [0.05, 0.1) is 22.9 Å². The molecule has 1 aromatic heterocycles. The Balaban J connectivity index is 2.18. The summed E-state index contributed by atoms with van der Waals surface area (Å²) in [5, 5.41) is 11.3. The number of hydrogen-bond donors (Lipinski definition) is 0. The first-order valence-electron chi connectivity index (χ1n) is 7.70. The van der Waals surface area contributed by atoms with Crippen LogP contribution in [0.5, 0.6) is 0 Å². The van der Waals surface area contributed by atoms with Gasteiger partial charge < -0.3 is 9.16 Å². The lowest BCUT2D eigenvalue weighted by Gasteiger charge is -2.40. The zero-order valence-electron chi connectivity index (χ0n) is 14.3. The van der Waals surface area contributed by atoms with Crippen molar-refractivity contribution < 1.29 is 14.1 Å². The Morgan fingerprint density at radius 3 is 2.74 bits per heavy atom. The highest BCUT2D eigenvalue weighted by molar-refractivity contribution is 6.74. The molecule has 0 fully saturated rings. The molecule has 0 N–H and O–H groups in total. The molecule has 126 valence electrons. The summed E-state index contributed by atoms with van der Waals surface area (Å²) in [5.74, 6) is 0. The Morgan fingerprint density at radius 1 is 1.43 bits per heavy atom. The van der Waals surface area contributed by atoms with Crippen LogP contribution in [0.2, 0.25) is 18.1 Å². The molecule has 6 nitrogen and oxygen atoms in total. The van der Waals surface area contributed by atoms with Gasteiger partial charge in [-0.15, -0.1) is 0 Å². The molecule has 0 unspecified atom stereocenters. The van der Waals surface area contributed by atoms with Crippen LogP contribution in [0, 0.1) is 10.1 Å². The lowest BCUT2D eigenvalue weighted by molar-refractivity contribution is -0.386.